The minimum absolute atomic E-state index is 0.232. The van der Waals surface area contributed by atoms with Crippen LogP contribution in [0.5, 0.6) is 0 Å². The fraction of sp³-hybridized carbons (Fsp3) is 0.750. The number of carbonyl (C=O) groups is 1. The normalized spacial score (nSPS) is 23.8. The number of amides is 1. The van der Waals surface area contributed by atoms with Gasteiger partial charge in [0.05, 0.1) is 0 Å². The summed E-state index contributed by atoms with van der Waals surface area (Å²) in [6.45, 7) is 6.33. The van der Waals surface area contributed by atoms with Gasteiger partial charge in [-0.05, 0) is 38.5 Å². The van der Waals surface area contributed by atoms with E-state index in [4.69, 9.17) is 0 Å². The highest BCUT2D eigenvalue weighted by Gasteiger charge is 2.24. The number of hydrogen-bond acceptors (Lipinski definition) is 4. The molecule has 1 amide bonds. The number of aromatic nitrogens is 1. The molecule has 2 rings (SSSR count). The standard InChI is InChI=1S/C16H26N2OS2/c1-4-11(2)9-15(19)18-13-5-7-14(8-6-13)21-16-17-12(3)10-20-16/h10-11,13-14H,4-9H2,1-3H3,(H,18,19). The van der Waals surface area contributed by atoms with Crippen LogP contribution in [0.25, 0.3) is 0 Å². The summed E-state index contributed by atoms with van der Waals surface area (Å²) in [6.07, 6.45) is 6.31. The molecule has 0 aromatic carbocycles. The van der Waals surface area contributed by atoms with Gasteiger partial charge in [0.1, 0.15) is 4.34 Å². The van der Waals surface area contributed by atoms with Gasteiger partial charge in [0.25, 0.3) is 0 Å². The number of hydrogen-bond donors (Lipinski definition) is 1. The molecule has 1 unspecified atom stereocenters. The molecule has 0 spiro atoms. The first kappa shape index (κ1) is 16.8. The smallest absolute Gasteiger partial charge is 0.220 e. The SMILES string of the molecule is CCC(C)CC(=O)NC1CCC(Sc2nc(C)cs2)CC1. The molecule has 118 valence electrons. The maximum absolute atomic E-state index is 11.9. The van der Waals surface area contributed by atoms with Gasteiger partial charge in [-0.15, -0.1) is 11.3 Å². The summed E-state index contributed by atoms with van der Waals surface area (Å²) in [5, 5.41) is 5.99. The van der Waals surface area contributed by atoms with Crippen LogP contribution in [0.4, 0.5) is 0 Å². The third kappa shape index (κ3) is 5.62. The van der Waals surface area contributed by atoms with Gasteiger partial charge >= 0.3 is 0 Å². The van der Waals surface area contributed by atoms with E-state index in [0.717, 1.165) is 25.0 Å². The Balaban J connectivity index is 1.69. The third-order valence-corrected chi connectivity index (χ3v) is 6.56. The Labute approximate surface area is 136 Å². The number of nitrogens with one attached hydrogen (secondary N) is 1. The Morgan fingerprint density at radius 2 is 2.19 bits per heavy atom. The van der Waals surface area contributed by atoms with E-state index in [2.05, 4.69) is 29.5 Å². The number of thioether (sulfide) groups is 1. The minimum atomic E-state index is 0.232. The molecule has 21 heavy (non-hydrogen) atoms. The molecule has 1 aliphatic rings. The van der Waals surface area contributed by atoms with Crippen molar-refractivity contribution in [3.63, 3.8) is 0 Å². The van der Waals surface area contributed by atoms with E-state index in [9.17, 15) is 4.79 Å². The van der Waals surface area contributed by atoms with Crippen LogP contribution < -0.4 is 5.32 Å². The average molecular weight is 327 g/mol. The molecule has 1 fully saturated rings. The van der Waals surface area contributed by atoms with E-state index in [0.29, 0.717) is 23.6 Å². The van der Waals surface area contributed by atoms with Gasteiger partial charge in [-0.25, -0.2) is 4.98 Å². The first-order valence-corrected chi connectivity index (χ1v) is 9.71. The molecule has 1 N–H and O–H groups in total. The maximum Gasteiger partial charge on any atom is 0.220 e. The minimum Gasteiger partial charge on any atom is -0.353 e. The van der Waals surface area contributed by atoms with Crippen molar-refractivity contribution in [1.29, 1.82) is 0 Å². The summed E-state index contributed by atoms with van der Waals surface area (Å²) in [5.41, 5.74) is 1.12. The lowest BCUT2D eigenvalue weighted by molar-refractivity contribution is -0.122. The van der Waals surface area contributed by atoms with Gasteiger partial charge in [0.15, 0.2) is 0 Å². The monoisotopic (exact) mass is 326 g/mol. The molecule has 1 atom stereocenters. The Hall–Kier alpha value is -0.550. The predicted molar refractivity (Wildman–Crippen MR) is 91.0 cm³/mol. The van der Waals surface area contributed by atoms with Crippen molar-refractivity contribution in [2.45, 2.75) is 74.9 Å². The highest BCUT2D eigenvalue weighted by atomic mass is 32.2. The molecule has 0 aliphatic heterocycles. The third-order valence-electron chi connectivity index (χ3n) is 4.14. The van der Waals surface area contributed by atoms with Gasteiger partial charge in [0, 0.05) is 28.8 Å². The van der Waals surface area contributed by atoms with E-state index < -0.39 is 0 Å². The molecule has 0 bridgehead atoms. The second-order valence-corrected chi connectivity index (χ2v) is 8.54. The lowest BCUT2D eigenvalue weighted by Gasteiger charge is -2.28. The Morgan fingerprint density at radius 1 is 1.48 bits per heavy atom. The van der Waals surface area contributed by atoms with Crippen molar-refractivity contribution in [2.24, 2.45) is 5.92 Å². The Kier molecular flexibility index (Phi) is 6.55. The van der Waals surface area contributed by atoms with E-state index >= 15 is 0 Å². The van der Waals surface area contributed by atoms with Gasteiger partial charge in [-0.1, -0.05) is 32.0 Å². The number of aryl methyl sites for hydroxylation is 1. The highest BCUT2D eigenvalue weighted by molar-refractivity contribution is 8.01. The van der Waals surface area contributed by atoms with E-state index in [-0.39, 0.29) is 5.91 Å². The van der Waals surface area contributed by atoms with Crippen LogP contribution in [-0.2, 0) is 4.79 Å². The van der Waals surface area contributed by atoms with Gasteiger partial charge in [-0.2, -0.15) is 0 Å². The van der Waals surface area contributed by atoms with Crippen molar-refractivity contribution in [3.8, 4) is 0 Å². The van der Waals surface area contributed by atoms with Crippen molar-refractivity contribution in [1.82, 2.24) is 10.3 Å². The molecule has 1 heterocycles. The molecular weight excluding hydrogens is 300 g/mol. The topological polar surface area (TPSA) is 42.0 Å². The molecule has 0 saturated heterocycles. The van der Waals surface area contributed by atoms with Crippen LogP contribution in [-0.4, -0.2) is 22.2 Å². The van der Waals surface area contributed by atoms with E-state index in [1.54, 1.807) is 11.3 Å². The molecule has 1 aromatic heterocycles. The lowest BCUT2D eigenvalue weighted by Crippen LogP contribution is -2.38. The van der Waals surface area contributed by atoms with Gasteiger partial charge < -0.3 is 5.32 Å². The molecule has 5 heteroatoms. The quantitative estimate of drug-likeness (QED) is 0.842. The van der Waals surface area contributed by atoms with Crippen molar-refractivity contribution < 1.29 is 4.79 Å². The highest BCUT2D eigenvalue weighted by Crippen LogP contribution is 2.35. The lowest BCUT2D eigenvalue weighted by atomic mass is 9.94. The number of carbonyl (C=O) groups excluding carboxylic acids is 1. The molecule has 3 nitrogen and oxygen atoms in total. The first-order valence-electron chi connectivity index (χ1n) is 7.95. The molecule has 1 saturated carbocycles. The molecule has 0 radical (unpaired) electrons. The molecule has 1 aliphatic carbocycles. The zero-order valence-electron chi connectivity index (χ0n) is 13.2. The number of thiazole rings is 1. The summed E-state index contributed by atoms with van der Waals surface area (Å²) in [4.78, 5) is 16.5. The predicted octanol–water partition coefficient (Wildman–Crippen LogP) is 4.41. The summed E-state index contributed by atoms with van der Waals surface area (Å²) in [6, 6.07) is 0.386. The Bertz CT molecular complexity index is 453. The van der Waals surface area contributed by atoms with Crippen LogP contribution in [0, 0.1) is 12.8 Å². The van der Waals surface area contributed by atoms with Crippen molar-refractivity contribution in [3.05, 3.63) is 11.1 Å². The average Bonchev–Trinajstić information content (AvgIpc) is 2.86. The molecule has 1 aromatic rings. The fourth-order valence-corrected chi connectivity index (χ4v) is 4.89. The van der Waals surface area contributed by atoms with Crippen LogP contribution in [0.2, 0.25) is 0 Å². The first-order chi connectivity index (χ1) is 10.1. The number of rotatable bonds is 6. The largest absolute Gasteiger partial charge is 0.353 e. The summed E-state index contributed by atoms with van der Waals surface area (Å²) in [5.74, 6) is 0.723. The van der Waals surface area contributed by atoms with Crippen LogP contribution in [0.1, 0.15) is 58.1 Å². The van der Waals surface area contributed by atoms with Crippen molar-refractivity contribution in [2.75, 3.05) is 0 Å². The zero-order valence-corrected chi connectivity index (χ0v) is 14.9. The van der Waals surface area contributed by atoms with Crippen molar-refractivity contribution >= 4 is 29.0 Å². The van der Waals surface area contributed by atoms with Gasteiger partial charge in [0.2, 0.25) is 5.91 Å². The second-order valence-electron chi connectivity index (χ2n) is 6.13. The van der Waals surface area contributed by atoms with E-state index in [1.807, 2.05) is 18.7 Å². The van der Waals surface area contributed by atoms with E-state index in [1.165, 1.54) is 17.2 Å². The summed E-state index contributed by atoms with van der Waals surface area (Å²) < 4.78 is 1.19. The second kappa shape index (κ2) is 8.18. The zero-order chi connectivity index (χ0) is 15.2. The van der Waals surface area contributed by atoms with Crippen LogP contribution in [0.15, 0.2) is 9.72 Å². The summed E-state index contributed by atoms with van der Waals surface area (Å²) >= 11 is 3.66. The van der Waals surface area contributed by atoms with Gasteiger partial charge in [-0.3, -0.25) is 4.79 Å². The Morgan fingerprint density at radius 3 is 2.76 bits per heavy atom. The van der Waals surface area contributed by atoms with Crippen LogP contribution >= 0.6 is 23.1 Å². The maximum atomic E-state index is 11.9. The number of nitrogens with zero attached hydrogens (tertiary/aromatic N) is 1. The summed E-state index contributed by atoms with van der Waals surface area (Å²) in [7, 11) is 0. The van der Waals surface area contributed by atoms with Crippen LogP contribution in [0.3, 0.4) is 0 Å². The fourth-order valence-electron chi connectivity index (χ4n) is 2.60. The molecular formula is C16H26N2OS2.